The second kappa shape index (κ2) is 6.26. The molecule has 3 aromatic rings. The number of rotatable bonds is 4. The Morgan fingerprint density at radius 1 is 0.909 bits per heavy atom. The molecule has 0 aliphatic rings. The molecule has 0 unspecified atom stereocenters. The fraction of sp³-hybridized carbons (Fsp3) is 0.111. The lowest BCUT2D eigenvalue weighted by Crippen LogP contribution is -1.89. The first-order valence-electron chi connectivity index (χ1n) is 7.13. The molecule has 0 radical (unpaired) electrons. The zero-order chi connectivity index (χ0) is 15.4. The summed E-state index contributed by atoms with van der Waals surface area (Å²) >= 11 is 0. The lowest BCUT2D eigenvalue weighted by Gasteiger charge is -2.04. The zero-order valence-electron chi connectivity index (χ0n) is 12.2. The van der Waals surface area contributed by atoms with Gasteiger partial charge in [0.15, 0.2) is 0 Å². The number of fused-ring (bicyclic) bond motifs is 1. The van der Waals surface area contributed by atoms with Crippen molar-refractivity contribution in [3.05, 3.63) is 60.7 Å². The molecule has 4 heteroatoms. The molecule has 4 nitrogen and oxygen atoms in total. The number of azo groups is 1. The number of ether oxygens (including phenoxy) is 1. The predicted molar refractivity (Wildman–Crippen MR) is 87.4 cm³/mol. The van der Waals surface area contributed by atoms with Crippen molar-refractivity contribution < 1.29 is 9.84 Å². The average molecular weight is 292 g/mol. The Labute approximate surface area is 128 Å². The molecule has 22 heavy (non-hydrogen) atoms. The Morgan fingerprint density at radius 3 is 2.45 bits per heavy atom. The molecule has 0 aliphatic heterocycles. The van der Waals surface area contributed by atoms with Crippen molar-refractivity contribution in [1.82, 2.24) is 0 Å². The minimum atomic E-state index is 0.119. The number of hydrogen-bond acceptors (Lipinski definition) is 4. The highest BCUT2D eigenvalue weighted by molar-refractivity contribution is 5.95. The van der Waals surface area contributed by atoms with Gasteiger partial charge in [0.05, 0.1) is 12.3 Å². The van der Waals surface area contributed by atoms with Gasteiger partial charge in [0.25, 0.3) is 0 Å². The van der Waals surface area contributed by atoms with Gasteiger partial charge in [-0.15, -0.1) is 5.11 Å². The number of nitrogens with zero attached hydrogens (tertiary/aromatic N) is 2. The van der Waals surface area contributed by atoms with Crippen molar-refractivity contribution in [3.63, 3.8) is 0 Å². The van der Waals surface area contributed by atoms with Crippen molar-refractivity contribution >= 4 is 22.1 Å². The standard InChI is InChI=1S/C18H16N2O2/c1-2-22-15-10-8-14(9-11-15)19-20-18-16-6-4-3-5-13(16)7-12-17(18)21/h3-12,21H,2H2,1H3. The van der Waals surface area contributed by atoms with Gasteiger partial charge in [-0.1, -0.05) is 30.3 Å². The minimum absolute atomic E-state index is 0.119. The van der Waals surface area contributed by atoms with E-state index in [1.165, 1.54) is 0 Å². The molecule has 110 valence electrons. The fourth-order valence-corrected chi connectivity index (χ4v) is 2.23. The first-order valence-corrected chi connectivity index (χ1v) is 7.13. The third-order valence-electron chi connectivity index (χ3n) is 3.29. The monoisotopic (exact) mass is 292 g/mol. The molecule has 0 atom stereocenters. The maximum atomic E-state index is 10.0. The van der Waals surface area contributed by atoms with Gasteiger partial charge in [0.1, 0.15) is 17.2 Å². The molecule has 1 N–H and O–H groups in total. The Hall–Kier alpha value is -2.88. The van der Waals surface area contributed by atoms with Crippen LogP contribution in [0, 0.1) is 0 Å². The summed E-state index contributed by atoms with van der Waals surface area (Å²) in [4.78, 5) is 0. The topological polar surface area (TPSA) is 54.2 Å². The lowest BCUT2D eigenvalue weighted by molar-refractivity contribution is 0.340. The Morgan fingerprint density at radius 2 is 1.68 bits per heavy atom. The van der Waals surface area contributed by atoms with Crippen LogP contribution >= 0.6 is 0 Å². The van der Waals surface area contributed by atoms with Gasteiger partial charge >= 0.3 is 0 Å². The fourth-order valence-electron chi connectivity index (χ4n) is 2.23. The molecule has 0 saturated heterocycles. The second-order valence-electron chi connectivity index (χ2n) is 4.78. The number of hydrogen-bond donors (Lipinski definition) is 1. The maximum absolute atomic E-state index is 10.0. The van der Waals surface area contributed by atoms with Crippen molar-refractivity contribution in [2.75, 3.05) is 6.61 Å². The van der Waals surface area contributed by atoms with Gasteiger partial charge in [0, 0.05) is 5.39 Å². The van der Waals surface area contributed by atoms with Crippen LogP contribution in [0.15, 0.2) is 70.9 Å². The first kappa shape index (κ1) is 14.1. The molecule has 0 aromatic heterocycles. The quantitative estimate of drug-likeness (QED) is 0.658. The minimum Gasteiger partial charge on any atom is -0.506 e. The van der Waals surface area contributed by atoms with Crippen LogP contribution in [0.2, 0.25) is 0 Å². The van der Waals surface area contributed by atoms with Crippen LogP contribution in [0.25, 0.3) is 10.8 Å². The molecular formula is C18H16N2O2. The third-order valence-corrected chi connectivity index (χ3v) is 3.29. The van der Waals surface area contributed by atoms with Gasteiger partial charge < -0.3 is 9.84 Å². The van der Waals surface area contributed by atoms with Crippen molar-refractivity contribution in [1.29, 1.82) is 0 Å². The van der Waals surface area contributed by atoms with Crippen LogP contribution in [0.4, 0.5) is 11.4 Å². The number of aromatic hydroxyl groups is 1. The Balaban J connectivity index is 1.93. The summed E-state index contributed by atoms with van der Waals surface area (Å²) in [5.41, 5.74) is 1.18. The van der Waals surface area contributed by atoms with Crippen molar-refractivity contribution in [3.8, 4) is 11.5 Å². The Kier molecular flexibility index (Phi) is 4.01. The van der Waals surface area contributed by atoms with Crippen LogP contribution in [0.1, 0.15) is 6.92 Å². The van der Waals surface area contributed by atoms with E-state index in [9.17, 15) is 5.11 Å². The number of phenolic OH excluding ortho intramolecular Hbond substituents is 1. The smallest absolute Gasteiger partial charge is 0.143 e. The summed E-state index contributed by atoms with van der Waals surface area (Å²) in [6, 6.07) is 18.6. The molecule has 0 amide bonds. The summed E-state index contributed by atoms with van der Waals surface area (Å²) in [5.74, 6) is 0.919. The first-order chi connectivity index (χ1) is 10.8. The van der Waals surface area contributed by atoms with E-state index in [4.69, 9.17) is 4.74 Å². The molecule has 3 rings (SSSR count). The Bertz CT molecular complexity index is 811. The van der Waals surface area contributed by atoms with E-state index < -0.39 is 0 Å². The molecule has 0 saturated carbocycles. The summed E-state index contributed by atoms with van der Waals surface area (Å²) in [7, 11) is 0. The summed E-state index contributed by atoms with van der Waals surface area (Å²) in [6.07, 6.45) is 0. The molecule has 0 heterocycles. The van der Waals surface area contributed by atoms with Gasteiger partial charge in [0.2, 0.25) is 0 Å². The maximum Gasteiger partial charge on any atom is 0.143 e. The van der Waals surface area contributed by atoms with E-state index in [-0.39, 0.29) is 5.75 Å². The third kappa shape index (κ3) is 2.91. The van der Waals surface area contributed by atoms with E-state index >= 15 is 0 Å². The van der Waals surface area contributed by atoms with Crippen molar-refractivity contribution in [2.24, 2.45) is 10.2 Å². The van der Waals surface area contributed by atoms with Crippen LogP contribution in [0.5, 0.6) is 11.5 Å². The van der Waals surface area contributed by atoms with E-state index in [2.05, 4.69) is 10.2 Å². The second-order valence-corrected chi connectivity index (χ2v) is 4.78. The molecule has 0 aliphatic carbocycles. The van der Waals surface area contributed by atoms with Crippen LogP contribution < -0.4 is 4.74 Å². The number of benzene rings is 3. The van der Waals surface area contributed by atoms with Crippen molar-refractivity contribution in [2.45, 2.75) is 6.92 Å². The average Bonchev–Trinajstić information content (AvgIpc) is 2.56. The van der Waals surface area contributed by atoms with Crippen LogP contribution in [-0.4, -0.2) is 11.7 Å². The van der Waals surface area contributed by atoms with E-state index in [1.54, 1.807) is 6.07 Å². The summed E-state index contributed by atoms with van der Waals surface area (Å²) < 4.78 is 5.39. The van der Waals surface area contributed by atoms with Crippen LogP contribution in [0.3, 0.4) is 0 Å². The highest BCUT2D eigenvalue weighted by atomic mass is 16.5. The largest absolute Gasteiger partial charge is 0.506 e. The zero-order valence-corrected chi connectivity index (χ0v) is 12.2. The highest BCUT2D eigenvalue weighted by Gasteiger charge is 2.05. The summed E-state index contributed by atoms with van der Waals surface area (Å²) in [6.45, 7) is 2.57. The van der Waals surface area contributed by atoms with E-state index in [0.29, 0.717) is 18.0 Å². The molecular weight excluding hydrogens is 276 g/mol. The van der Waals surface area contributed by atoms with E-state index in [0.717, 1.165) is 16.5 Å². The normalized spacial score (nSPS) is 11.1. The summed E-state index contributed by atoms with van der Waals surface area (Å²) in [5, 5.41) is 20.3. The molecule has 0 spiro atoms. The van der Waals surface area contributed by atoms with E-state index in [1.807, 2.05) is 61.5 Å². The number of phenols is 1. The lowest BCUT2D eigenvalue weighted by atomic mass is 10.1. The highest BCUT2D eigenvalue weighted by Crippen LogP contribution is 2.36. The molecule has 0 bridgehead atoms. The van der Waals surface area contributed by atoms with Gasteiger partial charge in [-0.2, -0.15) is 5.11 Å². The van der Waals surface area contributed by atoms with Crippen LogP contribution in [-0.2, 0) is 0 Å². The van der Waals surface area contributed by atoms with Gasteiger partial charge in [-0.25, -0.2) is 0 Å². The molecule has 3 aromatic carbocycles. The van der Waals surface area contributed by atoms with Gasteiger partial charge in [-0.05, 0) is 42.6 Å². The SMILES string of the molecule is CCOc1ccc(N=Nc2c(O)ccc3ccccc23)cc1. The molecule has 0 fully saturated rings. The van der Waals surface area contributed by atoms with Gasteiger partial charge in [-0.3, -0.25) is 0 Å². The predicted octanol–water partition coefficient (Wildman–Crippen LogP) is 5.36.